The highest BCUT2D eigenvalue weighted by atomic mass is 16.5. The minimum atomic E-state index is 0.243. The molecule has 2 aliphatic heterocycles. The molecule has 26 heavy (non-hydrogen) atoms. The van der Waals surface area contributed by atoms with Crippen molar-refractivity contribution in [3.63, 3.8) is 0 Å². The van der Waals surface area contributed by atoms with Gasteiger partial charge in [-0.3, -0.25) is 0 Å². The van der Waals surface area contributed by atoms with Crippen LogP contribution in [0.5, 0.6) is 0 Å². The van der Waals surface area contributed by atoms with Crippen molar-refractivity contribution < 1.29 is 4.74 Å². The number of aromatic nitrogens is 3. The van der Waals surface area contributed by atoms with Gasteiger partial charge in [0.1, 0.15) is 0 Å². The molecule has 4 heterocycles. The Morgan fingerprint density at radius 3 is 2.65 bits per heavy atom. The number of hydrogen-bond acceptors (Lipinski definition) is 5. The van der Waals surface area contributed by atoms with E-state index in [1.54, 1.807) is 0 Å². The van der Waals surface area contributed by atoms with Gasteiger partial charge in [0.15, 0.2) is 11.6 Å². The Labute approximate surface area is 152 Å². The molecule has 0 amide bonds. The maximum absolute atomic E-state index is 5.61. The van der Waals surface area contributed by atoms with Gasteiger partial charge in [-0.15, -0.1) is 10.2 Å². The highest BCUT2D eigenvalue weighted by molar-refractivity contribution is 5.85. The molecular formula is C20H23N5O. The van der Waals surface area contributed by atoms with Crippen molar-refractivity contribution in [3.8, 4) is 0 Å². The molecule has 2 aliphatic rings. The molecule has 6 nitrogen and oxygen atoms in total. The van der Waals surface area contributed by atoms with Crippen LogP contribution < -0.4 is 9.80 Å². The molecule has 1 saturated heterocycles. The van der Waals surface area contributed by atoms with Crippen LogP contribution in [0.2, 0.25) is 0 Å². The molecule has 0 bridgehead atoms. The van der Waals surface area contributed by atoms with Gasteiger partial charge < -0.3 is 19.5 Å². The number of H-pyrrole nitrogens is 1. The van der Waals surface area contributed by atoms with Crippen LogP contribution >= 0.6 is 0 Å². The van der Waals surface area contributed by atoms with Crippen LogP contribution in [0.4, 0.5) is 11.6 Å². The lowest BCUT2D eigenvalue weighted by Gasteiger charge is -2.32. The second-order valence-electron chi connectivity index (χ2n) is 7.18. The minimum absolute atomic E-state index is 0.243. The average molecular weight is 349 g/mol. The van der Waals surface area contributed by atoms with Crippen molar-refractivity contribution in [2.45, 2.75) is 26.0 Å². The molecule has 0 unspecified atom stereocenters. The van der Waals surface area contributed by atoms with E-state index in [0.717, 1.165) is 50.8 Å². The Bertz CT molecular complexity index is 920. The number of fused-ring (bicyclic) bond motifs is 3. The third-order valence-electron chi connectivity index (χ3n) is 5.41. The van der Waals surface area contributed by atoms with Gasteiger partial charge in [-0.1, -0.05) is 18.2 Å². The van der Waals surface area contributed by atoms with Gasteiger partial charge in [-0.2, -0.15) is 0 Å². The summed E-state index contributed by atoms with van der Waals surface area (Å²) in [6, 6.07) is 12.7. The first kappa shape index (κ1) is 15.6. The van der Waals surface area contributed by atoms with Crippen LogP contribution in [0.25, 0.3) is 10.9 Å². The summed E-state index contributed by atoms with van der Waals surface area (Å²) in [7, 11) is 0. The predicted octanol–water partition coefficient (Wildman–Crippen LogP) is 2.75. The molecule has 0 saturated carbocycles. The fourth-order valence-electron chi connectivity index (χ4n) is 4.07. The quantitative estimate of drug-likeness (QED) is 0.771. The van der Waals surface area contributed by atoms with E-state index in [0.29, 0.717) is 0 Å². The highest BCUT2D eigenvalue weighted by Crippen LogP contribution is 2.29. The molecule has 0 radical (unpaired) electrons. The van der Waals surface area contributed by atoms with E-state index >= 15 is 0 Å². The third kappa shape index (κ3) is 2.70. The molecule has 1 fully saturated rings. The molecule has 1 atom stereocenters. The molecule has 1 aromatic carbocycles. The van der Waals surface area contributed by atoms with Gasteiger partial charge >= 0.3 is 0 Å². The number of ether oxygens (including phenoxy) is 1. The Morgan fingerprint density at radius 2 is 1.85 bits per heavy atom. The van der Waals surface area contributed by atoms with Crippen molar-refractivity contribution in [3.05, 3.63) is 47.7 Å². The van der Waals surface area contributed by atoms with E-state index in [-0.39, 0.29) is 6.10 Å². The molecular weight excluding hydrogens is 326 g/mol. The van der Waals surface area contributed by atoms with E-state index in [1.165, 1.54) is 22.2 Å². The lowest BCUT2D eigenvalue weighted by molar-refractivity contribution is 0.0529. The van der Waals surface area contributed by atoms with Crippen molar-refractivity contribution in [1.29, 1.82) is 0 Å². The van der Waals surface area contributed by atoms with Crippen molar-refractivity contribution >= 4 is 22.5 Å². The first-order valence-corrected chi connectivity index (χ1v) is 9.31. The van der Waals surface area contributed by atoms with Gasteiger partial charge in [-0.25, -0.2) is 0 Å². The van der Waals surface area contributed by atoms with Gasteiger partial charge in [-0.05, 0) is 37.1 Å². The zero-order chi connectivity index (χ0) is 17.5. The molecule has 3 aromatic rings. The summed E-state index contributed by atoms with van der Waals surface area (Å²) in [5.41, 5.74) is 3.97. The summed E-state index contributed by atoms with van der Waals surface area (Å²) >= 11 is 0. The Morgan fingerprint density at radius 1 is 1.04 bits per heavy atom. The number of morpholine rings is 1. The lowest BCUT2D eigenvalue weighted by Crippen LogP contribution is -2.41. The maximum atomic E-state index is 5.61. The first-order chi connectivity index (χ1) is 12.8. The molecule has 5 rings (SSSR count). The number of nitrogens with one attached hydrogen (secondary N) is 1. The van der Waals surface area contributed by atoms with Gasteiger partial charge in [0, 0.05) is 36.2 Å². The van der Waals surface area contributed by atoms with Crippen molar-refractivity contribution in [2.75, 3.05) is 36.0 Å². The number of rotatable bonds is 2. The van der Waals surface area contributed by atoms with Crippen LogP contribution in [0.1, 0.15) is 18.2 Å². The number of nitrogens with zero attached hydrogens (tertiary/aromatic N) is 4. The van der Waals surface area contributed by atoms with E-state index < -0.39 is 0 Å². The molecule has 1 N–H and O–H groups in total. The van der Waals surface area contributed by atoms with Gasteiger partial charge in [0.2, 0.25) is 0 Å². The van der Waals surface area contributed by atoms with Gasteiger partial charge in [0.05, 0.1) is 19.3 Å². The number of aromatic amines is 1. The summed E-state index contributed by atoms with van der Waals surface area (Å²) in [4.78, 5) is 8.12. The number of para-hydroxylation sites is 1. The molecule has 0 aliphatic carbocycles. The highest BCUT2D eigenvalue weighted by Gasteiger charge is 2.22. The van der Waals surface area contributed by atoms with Crippen LogP contribution in [0.3, 0.4) is 0 Å². The van der Waals surface area contributed by atoms with E-state index in [9.17, 15) is 0 Å². The fraction of sp³-hybridized carbons (Fsp3) is 0.400. The number of anilines is 2. The SMILES string of the molecule is C[C@@H]1CN(c2ccc(N3CCc4c([nH]c5ccccc45)C3)nn2)CCO1. The van der Waals surface area contributed by atoms with Gasteiger partial charge in [0.25, 0.3) is 0 Å². The van der Waals surface area contributed by atoms with Crippen molar-refractivity contribution in [1.82, 2.24) is 15.2 Å². The van der Waals surface area contributed by atoms with E-state index in [4.69, 9.17) is 4.74 Å². The fourth-order valence-corrected chi connectivity index (χ4v) is 4.07. The van der Waals surface area contributed by atoms with E-state index in [1.807, 2.05) is 0 Å². The summed E-state index contributed by atoms with van der Waals surface area (Å²) in [5.74, 6) is 1.88. The Hall–Kier alpha value is -2.60. The lowest BCUT2D eigenvalue weighted by atomic mass is 10.0. The largest absolute Gasteiger partial charge is 0.375 e. The molecule has 6 heteroatoms. The second kappa shape index (κ2) is 6.29. The maximum Gasteiger partial charge on any atom is 0.151 e. The van der Waals surface area contributed by atoms with E-state index in [2.05, 4.69) is 68.3 Å². The monoisotopic (exact) mass is 349 g/mol. The molecule has 0 spiro atoms. The summed E-state index contributed by atoms with van der Waals surface area (Å²) in [6.07, 6.45) is 1.27. The standard InChI is InChI=1S/C20H23N5O/c1-14-12-25(10-11-26-14)20-7-6-19(22-23-20)24-9-8-16-15-4-2-3-5-17(15)21-18(16)13-24/h2-7,14,21H,8-13H2,1H3/t14-/m1/s1. The summed E-state index contributed by atoms with van der Waals surface area (Å²) in [6.45, 7) is 6.42. The Kier molecular flexibility index (Phi) is 3.78. The molecule has 2 aromatic heterocycles. The smallest absolute Gasteiger partial charge is 0.151 e. The zero-order valence-electron chi connectivity index (χ0n) is 15.0. The van der Waals surface area contributed by atoms with Crippen LogP contribution in [0, 0.1) is 0 Å². The molecule has 134 valence electrons. The topological polar surface area (TPSA) is 57.3 Å². The minimum Gasteiger partial charge on any atom is -0.375 e. The number of benzene rings is 1. The Balaban J connectivity index is 1.36. The summed E-state index contributed by atoms with van der Waals surface area (Å²) in [5, 5.41) is 10.3. The number of hydrogen-bond donors (Lipinski definition) is 1. The second-order valence-corrected chi connectivity index (χ2v) is 7.18. The first-order valence-electron chi connectivity index (χ1n) is 9.31. The van der Waals surface area contributed by atoms with Crippen molar-refractivity contribution in [2.24, 2.45) is 0 Å². The predicted molar refractivity (Wildman–Crippen MR) is 103 cm³/mol. The van der Waals surface area contributed by atoms with Crippen LogP contribution in [0.15, 0.2) is 36.4 Å². The van der Waals surface area contributed by atoms with Crippen LogP contribution in [-0.2, 0) is 17.7 Å². The normalized spacial score (nSPS) is 20.4. The van der Waals surface area contributed by atoms with Crippen LogP contribution in [-0.4, -0.2) is 47.5 Å². The third-order valence-corrected chi connectivity index (χ3v) is 5.41. The summed E-state index contributed by atoms with van der Waals surface area (Å²) < 4.78 is 5.61. The average Bonchev–Trinajstić information content (AvgIpc) is 3.06. The zero-order valence-corrected chi connectivity index (χ0v) is 15.0.